The number of carbonyl (C=O) groups excluding carboxylic acids is 1. The second kappa shape index (κ2) is 9.75. The van der Waals surface area contributed by atoms with Crippen LogP contribution in [0.4, 0.5) is 0 Å². The average Bonchev–Trinajstić information content (AvgIpc) is 2.46. The first kappa shape index (κ1) is 17.0. The Morgan fingerprint density at radius 3 is 2.45 bits per heavy atom. The van der Waals surface area contributed by atoms with Crippen molar-refractivity contribution in [3.8, 4) is 0 Å². The Morgan fingerprint density at radius 2 is 1.80 bits per heavy atom. The number of rotatable bonds is 9. The van der Waals surface area contributed by atoms with Crippen molar-refractivity contribution < 1.29 is 19.4 Å². The van der Waals surface area contributed by atoms with E-state index in [2.05, 4.69) is 12.2 Å². The van der Waals surface area contributed by atoms with E-state index in [9.17, 15) is 9.59 Å². The van der Waals surface area contributed by atoms with Crippen LogP contribution in [-0.2, 0) is 14.3 Å². The molecule has 1 amide bonds. The largest absolute Gasteiger partial charge is 0.481 e. The van der Waals surface area contributed by atoms with Crippen molar-refractivity contribution in [2.45, 2.75) is 51.9 Å². The highest BCUT2D eigenvalue weighted by Gasteiger charge is 2.35. The standard InChI is InChI=1S/C15H27NO4/c1-2-3-10-20-11-6-9-16-14(17)12-7-4-5-8-13(12)15(18)19/h12-13H,2-11H2,1H3,(H,16,17)(H,18,19)/t12-,13-/m1/s1. The van der Waals surface area contributed by atoms with E-state index in [4.69, 9.17) is 9.84 Å². The van der Waals surface area contributed by atoms with Crippen molar-refractivity contribution in [3.63, 3.8) is 0 Å². The molecule has 0 aromatic rings. The second-order valence-electron chi connectivity index (χ2n) is 5.45. The summed E-state index contributed by atoms with van der Waals surface area (Å²) in [5.74, 6) is -1.81. The first-order chi connectivity index (χ1) is 9.66. The Morgan fingerprint density at radius 1 is 1.15 bits per heavy atom. The highest BCUT2D eigenvalue weighted by molar-refractivity contribution is 5.84. The zero-order valence-electron chi connectivity index (χ0n) is 12.4. The van der Waals surface area contributed by atoms with E-state index < -0.39 is 11.9 Å². The average molecular weight is 285 g/mol. The molecule has 0 heterocycles. The summed E-state index contributed by atoms with van der Waals surface area (Å²) in [6.45, 7) is 4.10. The van der Waals surface area contributed by atoms with Crippen LogP contribution >= 0.6 is 0 Å². The Hall–Kier alpha value is -1.10. The van der Waals surface area contributed by atoms with Gasteiger partial charge in [-0.05, 0) is 25.7 Å². The molecule has 0 aliphatic heterocycles. The van der Waals surface area contributed by atoms with Crippen LogP contribution in [-0.4, -0.2) is 36.7 Å². The van der Waals surface area contributed by atoms with Gasteiger partial charge in [-0.3, -0.25) is 9.59 Å². The molecule has 116 valence electrons. The minimum absolute atomic E-state index is 0.106. The molecule has 0 aromatic carbocycles. The molecule has 1 saturated carbocycles. The van der Waals surface area contributed by atoms with Gasteiger partial charge in [-0.25, -0.2) is 0 Å². The zero-order chi connectivity index (χ0) is 14.8. The van der Waals surface area contributed by atoms with Gasteiger partial charge in [-0.1, -0.05) is 26.2 Å². The summed E-state index contributed by atoms with van der Waals surface area (Å²) in [4.78, 5) is 23.2. The monoisotopic (exact) mass is 285 g/mol. The van der Waals surface area contributed by atoms with Gasteiger partial charge in [0.05, 0.1) is 11.8 Å². The number of ether oxygens (including phenoxy) is 1. The highest BCUT2D eigenvalue weighted by Crippen LogP contribution is 2.30. The molecule has 20 heavy (non-hydrogen) atoms. The second-order valence-corrected chi connectivity index (χ2v) is 5.45. The van der Waals surface area contributed by atoms with Gasteiger partial charge in [-0.2, -0.15) is 0 Å². The normalized spacial score (nSPS) is 22.4. The third-order valence-electron chi connectivity index (χ3n) is 3.83. The molecular formula is C15H27NO4. The number of carboxylic acid groups (broad SMARTS) is 1. The molecule has 1 rings (SSSR count). The Kier molecular flexibility index (Phi) is 8.26. The lowest BCUT2D eigenvalue weighted by atomic mass is 9.79. The quantitative estimate of drug-likeness (QED) is 0.637. The number of hydrogen-bond acceptors (Lipinski definition) is 3. The molecule has 1 aliphatic rings. The van der Waals surface area contributed by atoms with Crippen molar-refractivity contribution in [1.82, 2.24) is 5.32 Å². The number of aliphatic carboxylic acids is 1. The van der Waals surface area contributed by atoms with Gasteiger partial charge in [0.15, 0.2) is 0 Å². The molecule has 5 heteroatoms. The van der Waals surface area contributed by atoms with Gasteiger partial charge in [0.25, 0.3) is 0 Å². The molecule has 0 saturated heterocycles. The molecule has 0 bridgehead atoms. The van der Waals surface area contributed by atoms with Gasteiger partial charge in [0.2, 0.25) is 5.91 Å². The highest BCUT2D eigenvalue weighted by atomic mass is 16.5. The first-order valence-corrected chi connectivity index (χ1v) is 7.75. The van der Waals surface area contributed by atoms with Crippen LogP contribution in [0, 0.1) is 11.8 Å². The molecule has 2 atom stereocenters. The molecule has 5 nitrogen and oxygen atoms in total. The van der Waals surface area contributed by atoms with Crippen molar-refractivity contribution in [3.05, 3.63) is 0 Å². The van der Waals surface area contributed by atoms with Gasteiger partial charge in [0, 0.05) is 19.8 Å². The fourth-order valence-corrected chi connectivity index (χ4v) is 2.61. The van der Waals surface area contributed by atoms with Crippen molar-refractivity contribution in [2.75, 3.05) is 19.8 Å². The summed E-state index contributed by atoms with van der Waals surface area (Å²) < 4.78 is 5.42. The molecule has 0 aromatic heterocycles. The number of nitrogens with one attached hydrogen (secondary N) is 1. The van der Waals surface area contributed by atoms with E-state index in [1.54, 1.807) is 0 Å². The maximum absolute atomic E-state index is 12.0. The van der Waals surface area contributed by atoms with E-state index >= 15 is 0 Å². The predicted octanol–water partition coefficient (Wildman–Crippen LogP) is 2.20. The summed E-state index contributed by atoms with van der Waals surface area (Å²) in [5, 5.41) is 12.0. The maximum Gasteiger partial charge on any atom is 0.307 e. The zero-order valence-corrected chi connectivity index (χ0v) is 12.4. The first-order valence-electron chi connectivity index (χ1n) is 7.75. The lowest BCUT2D eigenvalue weighted by Crippen LogP contribution is -2.40. The van der Waals surface area contributed by atoms with Crippen LogP contribution in [0.3, 0.4) is 0 Å². The summed E-state index contributed by atoms with van der Waals surface area (Å²) in [7, 11) is 0. The Labute approximate surface area is 121 Å². The van der Waals surface area contributed by atoms with Crippen LogP contribution in [0.1, 0.15) is 51.9 Å². The van der Waals surface area contributed by atoms with Crippen LogP contribution in [0.15, 0.2) is 0 Å². The Bertz CT molecular complexity index is 306. The molecule has 0 spiro atoms. The van der Waals surface area contributed by atoms with E-state index in [1.807, 2.05) is 0 Å². The van der Waals surface area contributed by atoms with E-state index in [1.165, 1.54) is 0 Å². The molecule has 0 unspecified atom stereocenters. The third kappa shape index (κ3) is 5.90. The number of hydrogen-bond donors (Lipinski definition) is 2. The van der Waals surface area contributed by atoms with Gasteiger partial charge in [-0.15, -0.1) is 0 Å². The van der Waals surface area contributed by atoms with Gasteiger partial charge >= 0.3 is 5.97 Å². The smallest absolute Gasteiger partial charge is 0.307 e. The number of unbranched alkanes of at least 4 members (excludes halogenated alkanes) is 1. The van der Waals surface area contributed by atoms with E-state index in [0.29, 0.717) is 26.0 Å². The lowest BCUT2D eigenvalue weighted by molar-refractivity contribution is -0.148. The van der Waals surface area contributed by atoms with Crippen LogP contribution in [0.2, 0.25) is 0 Å². The summed E-state index contributed by atoms with van der Waals surface area (Å²) in [6.07, 6.45) is 6.13. The van der Waals surface area contributed by atoms with Gasteiger partial charge < -0.3 is 15.2 Å². The SMILES string of the molecule is CCCCOCCCNC(=O)[C@@H]1CCCC[C@H]1C(=O)O. The topological polar surface area (TPSA) is 75.6 Å². The molecule has 1 aliphatic carbocycles. The summed E-state index contributed by atoms with van der Waals surface area (Å²) >= 11 is 0. The summed E-state index contributed by atoms with van der Waals surface area (Å²) in [5.41, 5.74) is 0. The number of amides is 1. The molecule has 0 radical (unpaired) electrons. The van der Waals surface area contributed by atoms with Crippen LogP contribution in [0.5, 0.6) is 0 Å². The van der Waals surface area contributed by atoms with Crippen LogP contribution in [0.25, 0.3) is 0 Å². The number of carboxylic acids is 1. The third-order valence-corrected chi connectivity index (χ3v) is 3.83. The lowest BCUT2D eigenvalue weighted by Gasteiger charge is -2.27. The molecular weight excluding hydrogens is 258 g/mol. The number of carbonyl (C=O) groups is 2. The van der Waals surface area contributed by atoms with E-state index in [0.717, 1.165) is 38.7 Å². The van der Waals surface area contributed by atoms with E-state index in [-0.39, 0.29) is 11.8 Å². The fraction of sp³-hybridized carbons (Fsp3) is 0.867. The molecule has 2 N–H and O–H groups in total. The minimum Gasteiger partial charge on any atom is -0.481 e. The fourth-order valence-electron chi connectivity index (χ4n) is 2.61. The van der Waals surface area contributed by atoms with Crippen molar-refractivity contribution in [1.29, 1.82) is 0 Å². The summed E-state index contributed by atoms with van der Waals surface area (Å²) in [6, 6.07) is 0. The molecule has 1 fully saturated rings. The maximum atomic E-state index is 12.0. The predicted molar refractivity (Wildman–Crippen MR) is 76.4 cm³/mol. The Balaban J connectivity index is 2.19. The van der Waals surface area contributed by atoms with Crippen molar-refractivity contribution >= 4 is 11.9 Å². The van der Waals surface area contributed by atoms with Gasteiger partial charge in [0.1, 0.15) is 0 Å². The minimum atomic E-state index is -0.840. The van der Waals surface area contributed by atoms with Crippen LogP contribution < -0.4 is 5.32 Å². The van der Waals surface area contributed by atoms with Crippen molar-refractivity contribution in [2.24, 2.45) is 11.8 Å².